The third kappa shape index (κ3) is 3.88. The predicted octanol–water partition coefficient (Wildman–Crippen LogP) is 2.09. The first-order valence-electron chi connectivity index (χ1n) is 8.37. The van der Waals surface area contributed by atoms with Crippen LogP contribution in [0.25, 0.3) is 0 Å². The number of hydrogen-bond donors (Lipinski definition) is 1. The Bertz CT molecular complexity index is 834. The molecule has 2 amide bonds. The Morgan fingerprint density at radius 3 is 2.69 bits per heavy atom. The van der Waals surface area contributed by atoms with Crippen molar-refractivity contribution in [2.75, 3.05) is 13.1 Å². The van der Waals surface area contributed by atoms with E-state index in [1.54, 1.807) is 31.0 Å². The molecule has 0 spiro atoms. The molecule has 26 heavy (non-hydrogen) atoms. The van der Waals surface area contributed by atoms with Gasteiger partial charge in [0.15, 0.2) is 0 Å². The van der Waals surface area contributed by atoms with Crippen LogP contribution in [-0.4, -0.2) is 45.6 Å². The molecule has 1 N–H and O–H groups in total. The number of aromatic nitrogens is 2. The Kier molecular flexibility index (Phi) is 5.27. The molecule has 0 radical (unpaired) electrons. The SMILES string of the molecule is Cc1nn(C)c(C(=O)NC2CC(=O)N(CCc3ccc(F)cc3)C2)c1Cl. The van der Waals surface area contributed by atoms with Crippen LogP contribution in [0.1, 0.15) is 28.2 Å². The van der Waals surface area contributed by atoms with Crippen molar-refractivity contribution in [1.82, 2.24) is 20.0 Å². The molecule has 3 rings (SSSR count). The van der Waals surface area contributed by atoms with Crippen molar-refractivity contribution >= 4 is 23.4 Å². The van der Waals surface area contributed by atoms with Gasteiger partial charge in [0.25, 0.3) is 5.91 Å². The molecule has 0 bridgehead atoms. The van der Waals surface area contributed by atoms with Crippen LogP contribution < -0.4 is 5.32 Å². The second kappa shape index (κ2) is 7.45. The lowest BCUT2D eigenvalue weighted by Gasteiger charge is -2.17. The lowest BCUT2D eigenvalue weighted by atomic mass is 10.1. The summed E-state index contributed by atoms with van der Waals surface area (Å²) in [6, 6.07) is 5.96. The molecule has 1 unspecified atom stereocenters. The molecule has 1 aromatic carbocycles. The number of likely N-dealkylation sites (tertiary alicyclic amines) is 1. The fourth-order valence-electron chi connectivity index (χ4n) is 3.13. The van der Waals surface area contributed by atoms with Gasteiger partial charge in [-0.15, -0.1) is 0 Å². The Balaban J connectivity index is 1.57. The quantitative estimate of drug-likeness (QED) is 0.866. The van der Waals surface area contributed by atoms with E-state index in [1.807, 2.05) is 0 Å². The topological polar surface area (TPSA) is 67.2 Å². The van der Waals surface area contributed by atoms with Crippen LogP contribution in [0.3, 0.4) is 0 Å². The van der Waals surface area contributed by atoms with E-state index < -0.39 is 0 Å². The van der Waals surface area contributed by atoms with Crippen LogP contribution in [0.15, 0.2) is 24.3 Å². The largest absolute Gasteiger partial charge is 0.346 e. The lowest BCUT2D eigenvalue weighted by molar-refractivity contribution is -0.127. The summed E-state index contributed by atoms with van der Waals surface area (Å²) in [6.45, 7) is 2.71. The molecule has 1 atom stereocenters. The van der Waals surface area contributed by atoms with Gasteiger partial charge in [0.2, 0.25) is 5.91 Å². The predicted molar refractivity (Wildman–Crippen MR) is 95.5 cm³/mol. The second-order valence-electron chi connectivity index (χ2n) is 6.46. The third-order valence-corrected chi connectivity index (χ3v) is 4.95. The zero-order chi connectivity index (χ0) is 18.8. The Labute approximate surface area is 155 Å². The molecule has 0 saturated carbocycles. The standard InChI is InChI=1S/C18H20ClFN4O2/c1-11-16(19)17(23(2)22-11)18(26)21-14-9-15(25)24(10-14)8-7-12-3-5-13(20)6-4-12/h3-6,14H,7-10H2,1-2H3,(H,21,26). The van der Waals surface area contributed by atoms with Crippen molar-refractivity contribution in [3.63, 3.8) is 0 Å². The van der Waals surface area contributed by atoms with Crippen LogP contribution in [0.5, 0.6) is 0 Å². The molecule has 8 heteroatoms. The van der Waals surface area contributed by atoms with Gasteiger partial charge < -0.3 is 10.2 Å². The average molecular weight is 379 g/mol. The first kappa shape index (κ1) is 18.4. The summed E-state index contributed by atoms with van der Waals surface area (Å²) in [4.78, 5) is 26.4. The van der Waals surface area contributed by atoms with Gasteiger partial charge in [-0.2, -0.15) is 5.10 Å². The van der Waals surface area contributed by atoms with Crippen LogP contribution in [-0.2, 0) is 18.3 Å². The number of hydrogen-bond acceptors (Lipinski definition) is 3. The number of aryl methyl sites for hydroxylation is 2. The molecule has 1 aliphatic rings. The minimum atomic E-state index is -0.337. The summed E-state index contributed by atoms with van der Waals surface area (Å²) in [5, 5.41) is 7.31. The number of rotatable bonds is 5. The van der Waals surface area contributed by atoms with Gasteiger partial charge in [-0.05, 0) is 31.0 Å². The molecule has 0 aliphatic carbocycles. The number of benzene rings is 1. The zero-order valence-corrected chi connectivity index (χ0v) is 15.4. The van der Waals surface area contributed by atoms with E-state index in [0.29, 0.717) is 35.9 Å². The maximum Gasteiger partial charge on any atom is 0.271 e. The third-order valence-electron chi connectivity index (χ3n) is 4.50. The summed E-state index contributed by atoms with van der Waals surface area (Å²) in [5.41, 5.74) is 1.84. The Morgan fingerprint density at radius 1 is 1.38 bits per heavy atom. The van der Waals surface area contributed by atoms with Crippen LogP contribution >= 0.6 is 11.6 Å². The van der Waals surface area contributed by atoms with Crippen molar-refractivity contribution in [2.45, 2.75) is 25.8 Å². The van der Waals surface area contributed by atoms with Crippen LogP contribution in [0, 0.1) is 12.7 Å². The van der Waals surface area contributed by atoms with Crippen molar-refractivity contribution in [2.24, 2.45) is 7.05 Å². The zero-order valence-electron chi connectivity index (χ0n) is 14.6. The molecule has 1 saturated heterocycles. The van der Waals surface area contributed by atoms with Crippen molar-refractivity contribution < 1.29 is 14.0 Å². The van der Waals surface area contributed by atoms with E-state index in [2.05, 4.69) is 10.4 Å². The highest BCUT2D eigenvalue weighted by Crippen LogP contribution is 2.20. The molecule has 1 fully saturated rings. The normalized spacial score (nSPS) is 17.0. The van der Waals surface area contributed by atoms with E-state index in [9.17, 15) is 14.0 Å². The summed E-state index contributed by atoms with van der Waals surface area (Å²) in [7, 11) is 1.66. The number of carbonyl (C=O) groups is 2. The molecule has 1 aromatic heterocycles. The number of halogens is 2. The molecule has 6 nitrogen and oxygen atoms in total. The Hall–Kier alpha value is -2.41. The van der Waals surface area contributed by atoms with E-state index in [0.717, 1.165) is 5.56 Å². The molecule has 1 aliphatic heterocycles. The first-order valence-corrected chi connectivity index (χ1v) is 8.75. The van der Waals surface area contributed by atoms with Gasteiger partial charge in [-0.3, -0.25) is 14.3 Å². The van der Waals surface area contributed by atoms with Gasteiger partial charge in [0, 0.05) is 26.6 Å². The summed E-state index contributed by atoms with van der Waals surface area (Å²) >= 11 is 6.13. The molecule has 2 aromatic rings. The van der Waals surface area contributed by atoms with Crippen LogP contribution in [0.4, 0.5) is 4.39 Å². The Morgan fingerprint density at radius 2 is 2.08 bits per heavy atom. The highest BCUT2D eigenvalue weighted by molar-refractivity contribution is 6.34. The summed E-state index contributed by atoms with van der Waals surface area (Å²) < 4.78 is 14.4. The van der Waals surface area contributed by atoms with Crippen molar-refractivity contribution in [3.8, 4) is 0 Å². The monoisotopic (exact) mass is 378 g/mol. The number of nitrogens with one attached hydrogen (secondary N) is 1. The smallest absolute Gasteiger partial charge is 0.271 e. The van der Waals surface area contributed by atoms with E-state index >= 15 is 0 Å². The number of amides is 2. The molecule has 138 valence electrons. The van der Waals surface area contributed by atoms with Gasteiger partial charge >= 0.3 is 0 Å². The van der Waals surface area contributed by atoms with Crippen molar-refractivity contribution in [3.05, 3.63) is 52.1 Å². The van der Waals surface area contributed by atoms with E-state index in [1.165, 1.54) is 16.8 Å². The molecular weight excluding hydrogens is 359 g/mol. The maximum atomic E-state index is 12.9. The summed E-state index contributed by atoms with van der Waals surface area (Å²) in [6.07, 6.45) is 0.892. The van der Waals surface area contributed by atoms with Crippen molar-refractivity contribution in [1.29, 1.82) is 0 Å². The van der Waals surface area contributed by atoms with Gasteiger partial charge in [0.05, 0.1) is 16.8 Å². The first-order chi connectivity index (χ1) is 12.3. The van der Waals surface area contributed by atoms with Crippen LogP contribution in [0.2, 0.25) is 5.02 Å². The van der Waals surface area contributed by atoms with Gasteiger partial charge in [0.1, 0.15) is 11.5 Å². The fourth-order valence-corrected chi connectivity index (χ4v) is 3.38. The molecule has 2 heterocycles. The maximum absolute atomic E-state index is 12.9. The minimum absolute atomic E-state index is 0.00954. The van der Waals surface area contributed by atoms with E-state index in [4.69, 9.17) is 11.6 Å². The highest BCUT2D eigenvalue weighted by Gasteiger charge is 2.31. The van der Waals surface area contributed by atoms with Gasteiger partial charge in [-0.25, -0.2) is 4.39 Å². The lowest BCUT2D eigenvalue weighted by Crippen LogP contribution is -2.38. The summed E-state index contributed by atoms with van der Waals surface area (Å²) in [5.74, 6) is -0.626. The second-order valence-corrected chi connectivity index (χ2v) is 6.84. The highest BCUT2D eigenvalue weighted by atomic mass is 35.5. The van der Waals surface area contributed by atoms with Gasteiger partial charge in [-0.1, -0.05) is 23.7 Å². The molecular formula is C18H20ClFN4O2. The number of carbonyl (C=O) groups excluding carboxylic acids is 2. The average Bonchev–Trinajstić information content (AvgIpc) is 3.05. The fraction of sp³-hybridized carbons (Fsp3) is 0.389. The van der Waals surface area contributed by atoms with E-state index in [-0.39, 0.29) is 30.1 Å². The number of nitrogens with zero attached hydrogens (tertiary/aromatic N) is 3. The minimum Gasteiger partial charge on any atom is -0.346 e.